The first-order chi connectivity index (χ1) is 7.07. The highest BCUT2D eigenvalue weighted by Crippen LogP contribution is 2.10. The summed E-state index contributed by atoms with van der Waals surface area (Å²) < 4.78 is 0. The topological polar surface area (TPSA) is 98.7 Å². The van der Waals surface area contributed by atoms with Crippen LogP contribution in [0.1, 0.15) is 12.8 Å². The number of likely N-dealkylation sites (N-methyl/N-ethyl adjacent to an activating group) is 1. The molecule has 0 aromatic carbocycles. The summed E-state index contributed by atoms with van der Waals surface area (Å²) in [6, 6.07) is 0. The Bertz CT molecular complexity index is 202. The Labute approximate surface area is 88.7 Å². The Kier molecular flexibility index (Phi) is 7.57. The third-order valence-electron chi connectivity index (χ3n) is 2.02. The summed E-state index contributed by atoms with van der Waals surface area (Å²) in [5, 5.41) is 21.9. The number of hydrogen-bond donors (Lipinski definition) is 4. The van der Waals surface area contributed by atoms with E-state index in [0.29, 0.717) is 0 Å². The molecule has 1 saturated heterocycles. The third-order valence-corrected chi connectivity index (χ3v) is 2.02. The molecule has 0 aliphatic carbocycles. The Balaban J connectivity index is 0.000000288. The van der Waals surface area contributed by atoms with Crippen molar-refractivity contribution in [1.29, 1.82) is 0 Å². The molecule has 0 aromatic rings. The predicted molar refractivity (Wildman–Crippen MR) is 54.8 cm³/mol. The quantitative estimate of drug-likeness (QED) is 0.503. The molecule has 1 rings (SSSR count). The SMILES string of the molecule is CNCC(=O)O.O=C(O)C1CCNCC1. The van der Waals surface area contributed by atoms with Crippen molar-refractivity contribution in [2.45, 2.75) is 12.8 Å². The molecule has 0 saturated carbocycles. The van der Waals surface area contributed by atoms with Gasteiger partial charge in [0.2, 0.25) is 0 Å². The highest BCUT2D eigenvalue weighted by atomic mass is 16.4. The van der Waals surface area contributed by atoms with Crippen molar-refractivity contribution >= 4 is 11.9 Å². The summed E-state index contributed by atoms with van der Waals surface area (Å²) in [6.45, 7) is 1.76. The zero-order valence-electron chi connectivity index (χ0n) is 8.82. The maximum absolute atomic E-state index is 10.3. The average Bonchev–Trinajstić information content (AvgIpc) is 2.20. The number of rotatable bonds is 3. The molecule has 88 valence electrons. The van der Waals surface area contributed by atoms with E-state index in [0.717, 1.165) is 25.9 Å². The van der Waals surface area contributed by atoms with E-state index in [1.807, 2.05) is 0 Å². The second kappa shape index (κ2) is 8.19. The van der Waals surface area contributed by atoms with Gasteiger partial charge in [0.15, 0.2) is 0 Å². The molecule has 0 amide bonds. The van der Waals surface area contributed by atoms with Gasteiger partial charge in [0.25, 0.3) is 0 Å². The van der Waals surface area contributed by atoms with Crippen LogP contribution >= 0.6 is 0 Å². The van der Waals surface area contributed by atoms with E-state index in [-0.39, 0.29) is 12.5 Å². The number of hydrogen-bond acceptors (Lipinski definition) is 4. The molecule has 1 heterocycles. The molecular weight excluding hydrogens is 200 g/mol. The van der Waals surface area contributed by atoms with Crippen molar-refractivity contribution in [1.82, 2.24) is 10.6 Å². The molecule has 6 heteroatoms. The average molecular weight is 218 g/mol. The Morgan fingerprint density at radius 3 is 2.07 bits per heavy atom. The highest BCUT2D eigenvalue weighted by molar-refractivity contribution is 5.70. The summed E-state index contributed by atoms with van der Waals surface area (Å²) in [4.78, 5) is 19.9. The number of carboxylic acids is 2. The van der Waals surface area contributed by atoms with Gasteiger partial charge in [-0.05, 0) is 33.0 Å². The number of carboxylic acid groups (broad SMARTS) is 2. The smallest absolute Gasteiger partial charge is 0.317 e. The summed E-state index contributed by atoms with van der Waals surface area (Å²) >= 11 is 0. The maximum atomic E-state index is 10.3. The highest BCUT2D eigenvalue weighted by Gasteiger charge is 2.18. The lowest BCUT2D eigenvalue weighted by molar-refractivity contribution is -0.142. The van der Waals surface area contributed by atoms with Crippen LogP contribution in [0, 0.1) is 5.92 Å². The zero-order valence-corrected chi connectivity index (χ0v) is 8.82. The Morgan fingerprint density at radius 1 is 1.33 bits per heavy atom. The molecule has 1 aliphatic rings. The minimum absolute atomic E-state index is 0.0417. The summed E-state index contributed by atoms with van der Waals surface area (Å²) in [5.74, 6) is -1.56. The molecule has 0 bridgehead atoms. The Morgan fingerprint density at radius 2 is 1.87 bits per heavy atom. The van der Waals surface area contributed by atoms with Gasteiger partial charge < -0.3 is 20.8 Å². The van der Waals surface area contributed by atoms with Crippen LogP contribution < -0.4 is 10.6 Å². The number of piperidine rings is 1. The lowest BCUT2D eigenvalue weighted by Crippen LogP contribution is -2.31. The van der Waals surface area contributed by atoms with Gasteiger partial charge in [-0.15, -0.1) is 0 Å². The fraction of sp³-hybridized carbons (Fsp3) is 0.778. The van der Waals surface area contributed by atoms with E-state index in [2.05, 4.69) is 10.6 Å². The number of carbonyl (C=O) groups is 2. The lowest BCUT2D eigenvalue weighted by atomic mass is 9.99. The van der Waals surface area contributed by atoms with Gasteiger partial charge in [-0.3, -0.25) is 9.59 Å². The summed E-state index contributed by atoms with van der Waals surface area (Å²) in [5.41, 5.74) is 0. The molecule has 6 nitrogen and oxygen atoms in total. The molecule has 0 atom stereocenters. The van der Waals surface area contributed by atoms with Crippen molar-refractivity contribution in [2.24, 2.45) is 5.92 Å². The van der Waals surface area contributed by atoms with Gasteiger partial charge in [-0.2, -0.15) is 0 Å². The van der Waals surface area contributed by atoms with Gasteiger partial charge in [0.05, 0.1) is 12.5 Å². The molecule has 0 radical (unpaired) electrons. The van der Waals surface area contributed by atoms with Gasteiger partial charge in [0, 0.05) is 0 Å². The molecular formula is C9H18N2O4. The van der Waals surface area contributed by atoms with Crippen molar-refractivity contribution in [3.05, 3.63) is 0 Å². The van der Waals surface area contributed by atoms with Gasteiger partial charge in [0.1, 0.15) is 0 Å². The fourth-order valence-electron chi connectivity index (χ4n) is 1.22. The second-order valence-corrected chi connectivity index (χ2v) is 3.29. The fourth-order valence-corrected chi connectivity index (χ4v) is 1.22. The molecule has 1 aliphatic heterocycles. The van der Waals surface area contributed by atoms with Crippen molar-refractivity contribution < 1.29 is 19.8 Å². The summed E-state index contributed by atoms with van der Waals surface area (Å²) in [6.07, 6.45) is 1.57. The van der Waals surface area contributed by atoms with Gasteiger partial charge in [-0.25, -0.2) is 0 Å². The zero-order chi connectivity index (χ0) is 11.7. The maximum Gasteiger partial charge on any atom is 0.317 e. The van der Waals surface area contributed by atoms with E-state index < -0.39 is 11.9 Å². The first-order valence-electron chi connectivity index (χ1n) is 4.87. The van der Waals surface area contributed by atoms with Crippen LogP contribution in [-0.2, 0) is 9.59 Å². The Hall–Kier alpha value is -1.14. The molecule has 0 spiro atoms. The molecule has 0 aromatic heterocycles. The minimum atomic E-state index is -0.822. The van der Waals surface area contributed by atoms with Gasteiger partial charge in [-0.1, -0.05) is 0 Å². The molecule has 1 fully saturated rings. The summed E-state index contributed by atoms with van der Waals surface area (Å²) in [7, 11) is 1.59. The van der Waals surface area contributed by atoms with Crippen molar-refractivity contribution in [2.75, 3.05) is 26.7 Å². The van der Waals surface area contributed by atoms with Crippen LogP contribution in [0.2, 0.25) is 0 Å². The van der Waals surface area contributed by atoms with Crippen LogP contribution in [0.5, 0.6) is 0 Å². The monoisotopic (exact) mass is 218 g/mol. The van der Waals surface area contributed by atoms with E-state index in [1.165, 1.54) is 0 Å². The van der Waals surface area contributed by atoms with E-state index in [9.17, 15) is 9.59 Å². The normalized spacial score (nSPS) is 16.3. The van der Waals surface area contributed by atoms with E-state index in [4.69, 9.17) is 10.2 Å². The van der Waals surface area contributed by atoms with Crippen LogP contribution in [0.25, 0.3) is 0 Å². The third kappa shape index (κ3) is 7.90. The number of nitrogens with one attached hydrogen (secondary N) is 2. The molecule has 0 unspecified atom stereocenters. The lowest BCUT2D eigenvalue weighted by Gasteiger charge is -2.17. The van der Waals surface area contributed by atoms with E-state index >= 15 is 0 Å². The van der Waals surface area contributed by atoms with Crippen LogP contribution in [-0.4, -0.2) is 48.8 Å². The number of aliphatic carboxylic acids is 2. The first kappa shape index (κ1) is 13.9. The van der Waals surface area contributed by atoms with Crippen LogP contribution in [0.4, 0.5) is 0 Å². The van der Waals surface area contributed by atoms with Gasteiger partial charge >= 0.3 is 11.9 Å². The van der Waals surface area contributed by atoms with Crippen molar-refractivity contribution in [3.8, 4) is 0 Å². The standard InChI is InChI=1S/C6H11NO2.C3H7NO2/c8-6(9)5-1-3-7-4-2-5;1-4-2-3(5)6/h5,7H,1-4H2,(H,8,9);4H,2H2,1H3,(H,5,6). The molecule has 4 N–H and O–H groups in total. The minimum Gasteiger partial charge on any atom is -0.481 e. The van der Waals surface area contributed by atoms with Crippen LogP contribution in [0.15, 0.2) is 0 Å². The molecule has 15 heavy (non-hydrogen) atoms. The van der Waals surface area contributed by atoms with Crippen molar-refractivity contribution in [3.63, 3.8) is 0 Å². The van der Waals surface area contributed by atoms with E-state index in [1.54, 1.807) is 7.05 Å². The van der Waals surface area contributed by atoms with Crippen LogP contribution in [0.3, 0.4) is 0 Å². The first-order valence-corrected chi connectivity index (χ1v) is 4.87. The predicted octanol–water partition coefficient (Wildman–Crippen LogP) is -0.639. The second-order valence-electron chi connectivity index (χ2n) is 3.29. The largest absolute Gasteiger partial charge is 0.481 e.